The lowest BCUT2D eigenvalue weighted by Crippen LogP contribution is -2.41. The van der Waals surface area contributed by atoms with E-state index in [1.165, 1.54) is 5.56 Å². The summed E-state index contributed by atoms with van der Waals surface area (Å²) in [5.41, 5.74) is 1.96. The number of ether oxygens (including phenoxy) is 2. The Kier molecular flexibility index (Phi) is 4.57. The number of aryl methyl sites for hydroxylation is 1. The van der Waals surface area contributed by atoms with E-state index in [-0.39, 0.29) is 12.0 Å². The topological polar surface area (TPSA) is 51.7 Å². The molecule has 0 saturated carbocycles. The lowest BCUT2D eigenvalue weighted by atomic mass is 10.2. The largest absolute Gasteiger partial charge is 0.439 e. The molecule has 2 heterocycles. The van der Waals surface area contributed by atoms with E-state index in [0.717, 1.165) is 11.4 Å². The van der Waals surface area contributed by atoms with Crippen molar-refractivity contribution in [1.82, 2.24) is 9.88 Å². The van der Waals surface area contributed by atoms with Crippen LogP contribution in [-0.4, -0.2) is 35.5 Å². The van der Waals surface area contributed by atoms with Crippen molar-refractivity contribution < 1.29 is 14.3 Å². The molecule has 0 spiro atoms. The minimum Gasteiger partial charge on any atom is -0.439 e. The van der Waals surface area contributed by atoms with Crippen molar-refractivity contribution in [2.75, 3.05) is 19.7 Å². The number of nitrogens with zero attached hydrogens (tertiary/aromatic N) is 2. The Balaban J connectivity index is 1.74. The zero-order chi connectivity index (χ0) is 16.2. The summed E-state index contributed by atoms with van der Waals surface area (Å²) in [6.07, 6.45) is -0.214. The first-order valence-corrected chi connectivity index (χ1v) is 7.70. The van der Waals surface area contributed by atoms with Crippen LogP contribution in [-0.2, 0) is 9.53 Å². The number of rotatable bonds is 3. The number of aromatic nitrogens is 1. The quantitative estimate of drug-likeness (QED) is 0.874. The molecule has 23 heavy (non-hydrogen) atoms. The van der Waals surface area contributed by atoms with E-state index in [2.05, 4.69) is 4.98 Å². The number of pyridine rings is 1. The van der Waals surface area contributed by atoms with Gasteiger partial charge in [-0.05, 0) is 25.1 Å². The minimum atomic E-state index is -0.214. The third-order valence-electron chi connectivity index (χ3n) is 3.83. The number of carbonyl (C=O) groups is 1. The van der Waals surface area contributed by atoms with Crippen LogP contribution in [0.25, 0.3) is 0 Å². The second-order valence-electron chi connectivity index (χ2n) is 5.64. The average Bonchev–Trinajstić information content (AvgIpc) is 2.57. The summed E-state index contributed by atoms with van der Waals surface area (Å²) in [4.78, 5) is 17.8. The van der Waals surface area contributed by atoms with Crippen LogP contribution in [0.15, 0.2) is 42.5 Å². The molecule has 1 aromatic heterocycles. The Bertz CT molecular complexity index is 685. The van der Waals surface area contributed by atoms with Gasteiger partial charge in [0.2, 0.25) is 11.8 Å². The van der Waals surface area contributed by atoms with Crippen molar-refractivity contribution in [2.45, 2.75) is 20.0 Å². The van der Waals surface area contributed by atoms with Gasteiger partial charge in [-0.25, -0.2) is 4.98 Å². The minimum absolute atomic E-state index is 0.0605. The molecule has 3 rings (SSSR count). The number of hydrogen-bond acceptors (Lipinski definition) is 4. The van der Waals surface area contributed by atoms with Gasteiger partial charge >= 0.3 is 0 Å². The molecule has 1 unspecified atom stereocenters. The summed E-state index contributed by atoms with van der Waals surface area (Å²) in [5.74, 6) is 1.33. The molecule has 1 amide bonds. The Morgan fingerprint density at radius 3 is 2.78 bits per heavy atom. The molecule has 1 saturated heterocycles. The fourth-order valence-corrected chi connectivity index (χ4v) is 2.51. The van der Waals surface area contributed by atoms with Crippen LogP contribution in [0.1, 0.15) is 24.3 Å². The van der Waals surface area contributed by atoms with E-state index in [1.807, 2.05) is 49.4 Å². The van der Waals surface area contributed by atoms with Gasteiger partial charge in [-0.2, -0.15) is 0 Å². The predicted octanol–water partition coefficient (Wildman–Crippen LogP) is 3.10. The van der Waals surface area contributed by atoms with E-state index in [0.29, 0.717) is 25.6 Å². The molecule has 1 atom stereocenters. The van der Waals surface area contributed by atoms with Gasteiger partial charge < -0.3 is 14.4 Å². The Labute approximate surface area is 135 Å². The molecule has 0 aliphatic carbocycles. The second kappa shape index (κ2) is 6.79. The molecule has 0 N–H and O–H groups in total. The van der Waals surface area contributed by atoms with E-state index < -0.39 is 0 Å². The molecule has 5 nitrogen and oxygen atoms in total. The molecule has 1 aliphatic heterocycles. The SMILES string of the molecule is CC(=O)N1CCOC(c2cccc(Oc3ccc(C)cc3)n2)C1. The van der Waals surface area contributed by atoms with Crippen molar-refractivity contribution in [1.29, 1.82) is 0 Å². The first-order chi connectivity index (χ1) is 11.1. The summed E-state index contributed by atoms with van der Waals surface area (Å²) in [6, 6.07) is 13.4. The molecule has 0 bridgehead atoms. The van der Waals surface area contributed by atoms with E-state index in [1.54, 1.807) is 11.8 Å². The molecule has 1 fully saturated rings. The monoisotopic (exact) mass is 312 g/mol. The van der Waals surface area contributed by atoms with Gasteiger partial charge in [0, 0.05) is 19.5 Å². The van der Waals surface area contributed by atoms with Crippen LogP contribution in [0.5, 0.6) is 11.6 Å². The summed E-state index contributed by atoms with van der Waals surface area (Å²) in [7, 11) is 0. The number of carbonyl (C=O) groups excluding carboxylic acids is 1. The van der Waals surface area contributed by atoms with Gasteiger partial charge in [0.05, 0.1) is 18.8 Å². The Hall–Kier alpha value is -2.40. The number of amides is 1. The summed E-state index contributed by atoms with van der Waals surface area (Å²) >= 11 is 0. The zero-order valence-electron chi connectivity index (χ0n) is 13.4. The lowest BCUT2D eigenvalue weighted by Gasteiger charge is -2.32. The lowest BCUT2D eigenvalue weighted by molar-refractivity contribution is -0.136. The second-order valence-corrected chi connectivity index (χ2v) is 5.64. The zero-order valence-corrected chi connectivity index (χ0v) is 13.4. The molecule has 5 heteroatoms. The third-order valence-corrected chi connectivity index (χ3v) is 3.83. The van der Waals surface area contributed by atoms with E-state index in [9.17, 15) is 4.79 Å². The van der Waals surface area contributed by atoms with Gasteiger partial charge in [-0.3, -0.25) is 4.79 Å². The molecule has 1 aromatic carbocycles. The van der Waals surface area contributed by atoms with Crippen molar-refractivity contribution in [3.05, 3.63) is 53.7 Å². The average molecular weight is 312 g/mol. The van der Waals surface area contributed by atoms with Gasteiger partial charge in [0.1, 0.15) is 11.9 Å². The number of morpholine rings is 1. The molecule has 120 valence electrons. The first-order valence-electron chi connectivity index (χ1n) is 7.70. The van der Waals surface area contributed by atoms with E-state index >= 15 is 0 Å². The number of benzene rings is 1. The van der Waals surface area contributed by atoms with Crippen LogP contribution in [0, 0.1) is 6.92 Å². The molecular formula is C18H20N2O3. The van der Waals surface area contributed by atoms with Gasteiger partial charge in [0.25, 0.3) is 0 Å². The fraction of sp³-hybridized carbons (Fsp3) is 0.333. The Morgan fingerprint density at radius 2 is 2.04 bits per heavy atom. The highest BCUT2D eigenvalue weighted by atomic mass is 16.5. The van der Waals surface area contributed by atoms with Crippen molar-refractivity contribution >= 4 is 5.91 Å². The molecule has 2 aromatic rings. The van der Waals surface area contributed by atoms with Crippen LogP contribution < -0.4 is 4.74 Å². The summed E-state index contributed by atoms with van der Waals surface area (Å²) in [5, 5.41) is 0. The van der Waals surface area contributed by atoms with E-state index in [4.69, 9.17) is 9.47 Å². The summed E-state index contributed by atoms with van der Waals surface area (Å²) in [6.45, 7) is 5.28. The number of hydrogen-bond donors (Lipinski definition) is 0. The van der Waals surface area contributed by atoms with Crippen molar-refractivity contribution in [3.8, 4) is 11.6 Å². The van der Waals surface area contributed by atoms with Crippen LogP contribution in [0.4, 0.5) is 0 Å². The van der Waals surface area contributed by atoms with Crippen molar-refractivity contribution in [3.63, 3.8) is 0 Å². The standard InChI is InChI=1S/C18H20N2O3/c1-13-6-8-15(9-7-13)23-18-5-3-4-16(19-18)17-12-20(14(2)21)10-11-22-17/h3-9,17H,10-12H2,1-2H3. The highest BCUT2D eigenvalue weighted by Gasteiger charge is 2.24. The third kappa shape index (κ3) is 3.87. The van der Waals surface area contributed by atoms with Crippen molar-refractivity contribution in [2.24, 2.45) is 0 Å². The van der Waals surface area contributed by atoms with Gasteiger partial charge in [0.15, 0.2) is 0 Å². The predicted molar refractivity (Wildman–Crippen MR) is 86.4 cm³/mol. The van der Waals surface area contributed by atoms with Crippen LogP contribution in [0.2, 0.25) is 0 Å². The first kappa shape index (κ1) is 15.5. The maximum Gasteiger partial charge on any atom is 0.219 e. The molecule has 0 radical (unpaired) electrons. The normalized spacial score (nSPS) is 17.8. The van der Waals surface area contributed by atoms with Crippen LogP contribution in [0.3, 0.4) is 0 Å². The maximum atomic E-state index is 11.5. The Morgan fingerprint density at radius 1 is 1.26 bits per heavy atom. The highest BCUT2D eigenvalue weighted by Crippen LogP contribution is 2.25. The summed E-state index contributed by atoms with van der Waals surface area (Å²) < 4.78 is 11.5. The van der Waals surface area contributed by atoms with Gasteiger partial charge in [-0.15, -0.1) is 0 Å². The van der Waals surface area contributed by atoms with Crippen LogP contribution >= 0.6 is 0 Å². The highest BCUT2D eigenvalue weighted by molar-refractivity contribution is 5.73. The maximum absolute atomic E-state index is 11.5. The molecule has 1 aliphatic rings. The fourth-order valence-electron chi connectivity index (χ4n) is 2.51. The smallest absolute Gasteiger partial charge is 0.219 e. The van der Waals surface area contributed by atoms with Gasteiger partial charge in [-0.1, -0.05) is 23.8 Å². The molecular weight excluding hydrogens is 292 g/mol.